The van der Waals surface area contributed by atoms with Gasteiger partial charge < -0.3 is 0 Å². The molecule has 16 heavy (non-hydrogen) atoms. The number of rotatable bonds is 5. The SMILES string of the molecule is CCCC(C1CCC(Cl)CC1)C(C)(C)CC. The van der Waals surface area contributed by atoms with Gasteiger partial charge in [0.15, 0.2) is 0 Å². The zero-order chi connectivity index (χ0) is 12.2. The molecule has 1 saturated carbocycles. The molecule has 0 amide bonds. The van der Waals surface area contributed by atoms with Gasteiger partial charge in [-0.3, -0.25) is 0 Å². The van der Waals surface area contributed by atoms with Crippen molar-refractivity contribution in [3.8, 4) is 0 Å². The second kappa shape index (κ2) is 6.28. The molecule has 0 aliphatic heterocycles. The van der Waals surface area contributed by atoms with Crippen LogP contribution in [0.1, 0.15) is 72.6 Å². The van der Waals surface area contributed by atoms with Crippen molar-refractivity contribution in [3.05, 3.63) is 0 Å². The van der Waals surface area contributed by atoms with E-state index in [0.29, 0.717) is 10.8 Å². The van der Waals surface area contributed by atoms with Crippen molar-refractivity contribution in [2.45, 2.75) is 78.0 Å². The van der Waals surface area contributed by atoms with Crippen LogP contribution in [0, 0.1) is 17.3 Å². The molecule has 96 valence electrons. The maximum atomic E-state index is 6.21. The topological polar surface area (TPSA) is 0 Å². The summed E-state index contributed by atoms with van der Waals surface area (Å²) >= 11 is 6.21. The predicted octanol–water partition coefficient (Wildman–Crippen LogP) is 5.64. The highest BCUT2D eigenvalue weighted by Crippen LogP contribution is 2.44. The molecule has 0 aromatic rings. The third kappa shape index (κ3) is 3.65. The maximum absolute atomic E-state index is 6.21. The van der Waals surface area contributed by atoms with E-state index in [2.05, 4.69) is 27.7 Å². The number of halogens is 1. The first-order valence-corrected chi connectivity index (χ1v) is 7.59. The summed E-state index contributed by atoms with van der Waals surface area (Å²) in [7, 11) is 0. The maximum Gasteiger partial charge on any atom is 0.0336 e. The second-order valence-corrected chi connectivity index (χ2v) is 6.87. The predicted molar refractivity (Wildman–Crippen MR) is 74.1 cm³/mol. The molecule has 1 rings (SSSR count). The molecule has 0 spiro atoms. The van der Waals surface area contributed by atoms with E-state index in [1.165, 1.54) is 44.9 Å². The van der Waals surface area contributed by atoms with Gasteiger partial charge >= 0.3 is 0 Å². The van der Waals surface area contributed by atoms with Crippen LogP contribution in [-0.2, 0) is 0 Å². The quantitative estimate of drug-likeness (QED) is 0.550. The van der Waals surface area contributed by atoms with Crippen LogP contribution in [0.25, 0.3) is 0 Å². The zero-order valence-electron chi connectivity index (χ0n) is 11.6. The van der Waals surface area contributed by atoms with Gasteiger partial charge in [0.25, 0.3) is 0 Å². The van der Waals surface area contributed by atoms with Gasteiger partial charge in [0.1, 0.15) is 0 Å². The van der Waals surface area contributed by atoms with E-state index in [4.69, 9.17) is 11.6 Å². The summed E-state index contributed by atoms with van der Waals surface area (Å²) in [6.45, 7) is 9.59. The Bertz CT molecular complexity index is 190. The molecule has 0 aromatic heterocycles. The van der Waals surface area contributed by atoms with E-state index >= 15 is 0 Å². The van der Waals surface area contributed by atoms with Crippen molar-refractivity contribution in [3.63, 3.8) is 0 Å². The second-order valence-electron chi connectivity index (χ2n) is 6.25. The highest BCUT2D eigenvalue weighted by atomic mass is 35.5. The molecule has 0 N–H and O–H groups in total. The van der Waals surface area contributed by atoms with Crippen LogP contribution in [-0.4, -0.2) is 5.38 Å². The third-order valence-corrected chi connectivity index (χ3v) is 5.22. The first-order chi connectivity index (χ1) is 7.51. The summed E-state index contributed by atoms with van der Waals surface area (Å²) in [6.07, 6.45) is 9.24. The number of hydrogen-bond donors (Lipinski definition) is 0. The Morgan fingerprint density at radius 3 is 2.12 bits per heavy atom. The molecular formula is C15H29Cl. The fraction of sp³-hybridized carbons (Fsp3) is 1.00. The van der Waals surface area contributed by atoms with E-state index in [0.717, 1.165) is 11.8 Å². The van der Waals surface area contributed by atoms with Crippen molar-refractivity contribution < 1.29 is 0 Å². The summed E-state index contributed by atoms with van der Waals surface area (Å²) < 4.78 is 0. The van der Waals surface area contributed by atoms with Crippen LogP contribution in [0.4, 0.5) is 0 Å². The minimum Gasteiger partial charge on any atom is -0.123 e. The standard InChI is InChI=1S/C15H29Cl/c1-5-7-14(15(3,4)6-2)12-8-10-13(16)11-9-12/h12-14H,5-11H2,1-4H3. The minimum absolute atomic E-state index is 0.461. The van der Waals surface area contributed by atoms with Gasteiger partial charge in [0, 0.05) is 5.38 Å². The lowest BCUT2D eigenvalue weighted by molar-refractivity contribution is 0.0955. The Labute approximate surface area is 107 Å². The Hall–Kier alpha value is 0.290. The van der Waals surface area contributed by atoms with Gasteiger partial charge in [0.2, 0.25) is 0 Å². The molecule has 0 heterocycles. The van der Waals surface area contributed by atoms with Gasteiger partial charge in [-0.05, 0) is 49.4 Å². The van der Waals surface area contributed by atoms with E-state index in [1.807, 2.05) is 0 Å². The Balaban J connectivity index is 2.62. The molecule has 0 radical (unpaired) electrons. The summed E-state index contributed by atoms with van der Waals surface area (Å²) in [6, 6.07) is 0. The van der Waals surface area contributed by atoms with Gasteiger partial charge in [-0.2, -0.15) is 0 Å². The van der Waals surface area contributed by atoms with Gasteiger partial charge in [0.05, 0.1) is 0 Å². The number of hydrogen-bond acceptors (Lipinski definition) is 0. The molecule has 0 nitrogen and oxygen atoms in total. The average molecular weight is 245 g/mol. The molecule has 1 aliphatic carbocycles. The Morgan fingerprint density at radius 1 is 1.12 bits per heavy atom. The zero-order valence-corrected chi connectivity index (χ0v) is 12.3. The van der Waals surface area contributed by atoms with Crippen LogP contribution in [0.15, 0.2) is 0 Å². The van der Waals surface area contributed by atoms with E-state index in [1.54, 1.807) is 0 Å². The lowest BCUT2D eigenvalue weighted by Crippen LogP contribution is -2.32. The van der Waals surface area contributed by atoms with Gasteiger partial charge in [-0.1, -0.05) is 40.5 Å². The molecule has 0 bridgehead atoms. The van der Waals surface area contributed by atoms with Gasteiger partial charge in [-0.15, -0.1) is 11.6 Å². The Morgan fingerprint density at radius 2 is 1.69 bits per heavy atom. The van der Waals surface area contributed by atoms with Crippen molar-refractivity contribution in [1.82, 2.24) is 0 Å². The van der Waals surface area contributed by atoms with Crippen LogP contribution < -0.4 is 0 Å². The normalized spacial score (nSPS) is 29.1. The fourth-order valence-electron chi connectivity index (χ4n) is 3.32. The summed E-state index contributed by atoms with van der Waals surface area (Å²) in [5, 5.41) is 0.461. The summed E-state index contributed by atoms with van der Waals surface area (Å²) in [5.74, 6) is 1.84. The van der Waals surface area contributed by atoms with E-state index in [9.17, 15) is 0 Å². The molecule has 0 saturated heterocycles. The largest absolute Gasteiger partial charge is 0.123 e. The molecule has 1 heteroatoms. The molecule has 1 aliphatic rings. The van der Waals surface area contributed by atoms with Crippen molar-refractivity contribution in [1.29, 1.82) is 0 Å². The highest BCUT2D eigenvalue weighted by Gasteiger charge is 2.35. The number of alkyl halides is 1. The van der Waals surface area contributed by atoms with Crippen molar-refractivity contribution >= 4 is 11.6 Å². The molecule has 0 aromatic carbocycles. The highest BCUT2D eigenvalue weighted by molar-refractivity contribution is 6.20. The first kappa shape index (κ1) is 14.4. The van der Waals surface area contributed by atoms with Crippen molar-refractivity contribution in [2.24, 2.45) is 17.3 Å². The van der Waals surface area contributed by atoms with Crippen LogP contribution in [0.5, 0.6) is 0 Å². The average Bonchev–Trinajstić information content (AvgIpc) is 2.27. The van der Waals surface area contributed by atoms with Crippen LogP contribution in [0.3, 0.4) is 0 Å². The lowest BCUT2D eigenvalue weighted by atomic mass is 9.64. The van der Waals surface area contributed by atoms with Crippen LogP contribution in [0.2, 0.25) is 0 Å². The van der Waals surface area contributed by atoms with Crippen molar-refractivity contribution in [2.75, 3.05) is 0 Å². The van der Waals surface area contributed by atoms with E-state index in [-0.39, 0.29) is 0 Å². The Kier molecular flexibility index (Phi) is 5.64. The summed E-state index contributed by atoms with van der Waals surface area (Å²) in [4.78, 5) is 0. The van der Waals surface area contributed by atoms with Crippen LogP contribution >= 0.6 is 11.6 Å². The monoisotopic (exact) mass is 244 g/mol. The molecular weight excluding hydrogens is 216 g/mol. The lowest BCUT2D eigenvalue weighted by Gasteiger charge is -2.41. The summed E-state index contributed by atoms with van der Waals surface area (Å²) in [5.41, 5.74) is 0.514. The minimum atomic E-state index is 0.461. The third-order valence-electron chi connectivity index (χ3n) is 4.79. The van der Waals surface area contributed by atoms with Gasteiger partial charge in [-0.25, -0.2) is 0 Å². The molecule has 1 fully saturated rings. The first-order valence-electron chi connectivity index (χ1n) is 7.15. The molecule has 1 atom stereocenters. The molecule has 1 unspecified atom stereocenters. The smallest absolute Gasteiger partial charge is 0.0336 e. The van der Waals surface area contributed by atoms with E-state index < -0.39 is 0 Å². The fourth-order valence-corrected chi connectivity index (χ4v) is 3.57.